The molecular weight excluding hydrogens is 212 g/mol. The molecule has 0 aromatic heterocycles. The normalized spacial score (nSPS) is 11.3. The van der Waals surface area contributed by atoms with Gasteiger partial charge in [0.05, 0.1) is 12.3 Å². The van der Waals surface area contributed by atoms with Crippen molar-refractivity contribution in [3.05, 3.63) is 24.3 Å². The van der Waals surface area contributed by atoms with Gasteiger partial charge in [-0.3, -0.25) is 0 Å². The van der Waals surface area contributed by atoms with Crippen LogP contribution >= 0.6 is 0 Å². The van der Waals surface area contributed by atoms with Gasteiger partial charge in [-0.05, 0) is 37.4 Å². The minimum atomic E-state index is 0.188. The van der Waals surface area contributed by atoms with Gasteiger partial charge in [0.25, 0.3) is 0 Å². The summed E-state index contributed by atoms with van der Waals surface area (Å²) in [7, 11) is 0. The van der Waals surface area contributed by atoms with Gasteiger partial charge in [0.15, 0.2) is 0 Å². The SMILES string of the molecule is CCOc1ccccc1NCCC(C)(C)CN. The molecule has 0 fully saturated rings. The maximum Gasteiger partial charge on any atom is 0.142 e. The molecular formula is C14H24N2O. The van der Waals surface area contributed by atoms with Gasteiger partial charge in [0.2, 0.25) is 0 Å². The highest BCUT2D eigenvalue weighted by Gasteiger charge is 2.14. The molecule has 1 aromatic rings. The van der Waals surface area contributed by atoms with Crippen LogP contribution in [0.15, 0.2) is 24.3 Å². The summed E-state index contributed by atoms with van der Waals surface area (Å²) in [5.74, 6) is 0.917. The number of anilines is 1. The third-order valence-corrected chi connectivity index (χ3v) is 2.86. The fraction of sp³-hybridized carbons (Fsp3) is 0.571. The number of rotatable bonds is 7. The predicted octanol–water partition coefficient (Wildman–Crippen LogP) is 2.87. The second-order valence-corrected chi connectivity index (χ2v) is 4.97. The number of para-hydroxylation sites is 2. The van der Waals surface area contributed by atoms with E-state index in [0.29, 0.717) is 13.2 Å². The Morgan fingerprint density at radius 2 is 2.00 bits per heavy atom. The summed E-state index contributed by atoms with van der Waals surface area (Å²) in [6.07, 6.45) is 1.05. The minimum absolute atomic E-state index is 0.188. The summed E-state index contributed by atoms with van der Waals surface area (Å²) < 4.78 is 5.56. The molecule has 0 saturated heterocycles. The maximum atomic E-state index is 5.71. The number of hydrogen-bond acceptors (Lipinski definition) is 3. The second-order valence-electron chi connectivity index (χ2n) is 4.97. The highest BCUT2D eigenvalue weighted by molar-refractivity contribution is 5.56. The Morgan fingerprint density at radius 3 is 2.65 bits per heavy atom. The first-order valence-corrected chi connectivity index (χ1v) is 6.25. The van der Waals surface area contributed by atoms with Crippen molar-refractivity contribution in [3.63, 3.8) is 0 Å². The lowest BCUT2D eigenvalue weighted by Gasteiger charge is -2.23. The number of nitrogens with one attached hydrogen (secondary N) is 1. The van der Waals surface area contributed by atoms with Crippen LogP contribution in [0.1, 0.15) is 27.2 Å². The lowest BCUT2D eigenvalue weighted by molar-refractivity contribution is 0.340. The van der Waals surface area contributed by atoms with E-state index in [0.717, 1.165) is 24.4 Å². The Kier molecular flexibility index (Phi) is 5.29. The minimum Gasteiger partial charge on any atom is -0.492 e. The van der Waals surface area contributed by atoms with Crippen LogP contribution in [0, 0.1) is 5.41 Å². The zero-order chi connectivity index (χ0) is 12.7. The van der Waals surface area contributed by atoms with Crippen molar-refractivity contribution < 1.29 is 4.74 Å². The van der Waals surface area contributed by atoms with Gasteiger partial charge >= 0.3 is 0 Å². The quantitative estimate of drug-likeness (QED) is 0.765. The highest BCUT2D eigenvalue weighted by Crippen LogP contribution is 2.25. The van der Waals surface area contributed by atoms with E-state index < -0.39 is 0 Å². The van der Waals surface area contributed by atoms with Crippen LogP contribution in [0.2, 0.25) is 0 Å². The molecule has 0 atom stereocenters. The molecule has 0 aliphatic rings. The molecule has 1 aromatic carbocycles. The largest absolute Gasteiger partial charge is 0.492 e. The Labute approximate surface area is 104 Å². The molecule has 0 aliphatic carbocycles. The van der Waals surface area contributed by atoms with Crippen molar-refractivity contribution in [1.29, 1.82) is 0 Å². The van der Waals surface area contributed by atoms with Crippen LogP contribution in [0.5, 0.6) is 5.75 Å². The molecule has 0 bridgehead atoms. The van der Waals surface area contributed by atoms with Gasteiger partial charge in [0, 0.05) is 6.54 Å². The molecule has 17 heavy (non-hydrogen) atoms. The predicted molar refractivity (Wildman–Crippen MR) is 73.6 cm³/mol. The van der Waals surface area contributed by atoms with Gasteiger partial charge in [-0.2, -0.15) is 0 Å². The lowest BCUT2D eigenvalue weighted by atomic mass is 9.90. The van der Waals surface area contributed by atoms with Crippen LogP contribution < -0.4 is 15.8 Å². The van der Waals surface area contributed by atoms with Crippen molar-refractivity contribution >= 4 is 5.69 Å². The van der Waals surface area contributed by atoms with E-state index in [4.69, 9.17) is 10.5 Å². The fourth-order valence-corrected chi connectivity index (χ4v) is 1.53. The monoisotopic (exact) mass is 236 g/mol. The molecule has 0 saturated carbocycles. The topological polar surface area (TPSA) is 47.3 Å². The van der Waals surface area contributed by atoms with Crippen molar-refractivity contribution in [2.45, 2.75) is 27.2 Å². The third kappa shape index (κ3) is 4.65. The lowest BCUT2D eigenvalue weighted by Crippen LogP contribution is -2.26. The summed E-state index contributed by atoms with van der Waals surface area (Å²) in [4.78, 5) is 0. The number of nitrogens with two attached hydrogens (primary N) is 1. The van der Waals surface area contributed by atoms with Gasteiger partial charge in [0.1, 0.15) is 5.75 Å². The first-order valence-electron chi connectivity index (χ1n) is 6.25. The van der Waals surface area contributed by atoms with E-state index in [-0.39, 0.29) is 5.41 Å². The van der Waals surface area contributed by atoms with E-state index in [1.807, 2.05) is 31.2 Å². The van der Waals surface area contributed by atoms with Crippen LogP contribution in [-0.2, 0) is 0 Å². The molecule has 3 nitrogen and oxygen atoms in total. The molecule has 0 spiro atoms. The number of benzene rings is 1. The highest BCUT2D eigenvalue weighted by atomic mass is 16.5. The molecule has 3 heteroatoms. The van der Waals surface area contributed by atoms with Gasteiger partial charge in [-0.1, -0.05) is 26.0 Å². The average Bonchev–Trinajstić information content (AvgIpc) is 2.31. The van der Waals surface area contributed by atoms with Crippen LogP contribution in [-0.4, -0.2) is 19.7 Å². The van der Waals surface area contributed by atoms with E-state index in [1.165, 1.54) is 0 Å². The van der Waals surface area contributed by atoms with E-state index >= 15 is 0 Å². The average molecular weight is 236 g/mol. The molecule has 0 amide bonds. The van der Waals surface area contributed by atoms with Crippen molar-refractivity contribution in [1.82, 2.24) is 0 Å². The first kappa shape index (κ1) is 13.8. The van der Waals surface area contributed by atoms with Crippen LogP contribution in [0.3, 0.4) is 0 Å². The van der Waals surface area contributed by atoms with E-state index in [2.05, 4.69) is 19.2 Å². The summed E-state index contributed by atoms with van der Waals surface area (Å²) in [6.45, 7) is 8.67. The Morgan fingerprint density at radius 1 is 1.29 bits per heavy atom. The summed E-state index contributed by atoms with van der Waals surface area (Å²) in [5.41, 5.74) is 6.96. The molecule has 1 rings (SSSR count). The standard InChI is InChI=1S/C14H24N2O/c1-4-17-13-8-6-5-7-12(13)16-10-9-14(2,3)11-15/h5-8,16H,4,9-11,15H2,1-3H3. The second kappa shape index (κ2) is 6.50. The number of ether oxygens (including phenoxy) is 1. The fourth-order valence-electron chi connectivity index (χ4n) is 1.53. The van der Waals surface area contributed by atoms with Crippen molar-refractivity contribution in [2.24, 2.45) is 11.1 Å². The van der Waals surface area contributed by atoms with Crippen molar-refractivity contribution in [2.75, 3.05) is 25.0 Å². The Hall–Kier alpha value is -1.22. The number of hydrogen-bond donors (Lipinski definition) is 2. The smallest absolute Gasteiger partial charge is 0.142 e. The van der Waals surface area contributed by atoms with E-state index in [1.54, 1.807) is 0 Å². The summed E-state index contributed by atoms with van der Waals surface area (Å²) >= 11 is 0. The van der Waals surface area contributed by atoms with Crippen molar-refractivity contribution in [3.8, 4) is 5.75 Å². The third-order valence-electron chi connectivity index (χ3n) is 2.86. The molecule has 3 N–H and O–H groups in total. The summed E-state index contributed by atoms with van der Waals surface area (Å²) in [6, 6.07) is 8.03. The Bertz CT molecular complexity index is 337. The molecule has 0 unspecified atom stereocenters. The van der Waals surface area contributed by atoms with Crippen LogP contribution in [0.25, 0.3) is 0 Å². The zero-order valence-corrected chi connectivity index (χ0v) is 11.1. The molecule has 0 aliphatic heterocycles. The molecule has 96 valence electrons. The zero-order valence-electron chi connectivity index (χ0n) is 11.1. The Balaban J connectivity index is 2.51. The van der Waals surface area contributed by atoms with Gasteiger partial charge in [-0.25, -0.2) is 0 Å². The molecule has 0 radical (unpaired) electrons. The van der Waals surface area contributed by atoms with E-state index in [9.17, 15) is 0 Å². The summed E-state index contributed by atoms with van der Waals surface area (Å²) in [5, 5.41) is 3.41. The van der Waals surface area contributed by atoms with Gasteiger partial charge < -0.3 is 15.8 Å². The van der Waals surface area contributed by atoms with Gasteiger partial charge in [-0.15, -0.1) is 0 Å². The first-order chi connectivity index (χ1) is 8.09. The van der Waals surface area contributed by atoms with Crippen LogP contribution in [0.4, 0.5) is 5.69 Å². The molecule has 0 heterocycles. The maximum absolute atomic E-state index is 5.71.